The zero-order chi connectivity index (χ0) is 11.5. The molecular weight excluding hydrogens is 273 g/mol. The zero-order valence-corrected chi connectivity index (χ0v) is 10.8. The minimum atomic E-state index is -0.313. The van der Waals surface area contributed by atoms with Gasteiger partial charge in [0.15, 0.2) is 11.6 Å². The lowest BCUT2D eigenvalue weighted by molar-refractivity contribution is 0.355. The van der Waals surface area contributed by atoms with Gasteiger partial charge in [-0.15, -0.1) is 0 Å². The molecule has 0 bridgehead atoms. The maximum Gasteiger partial charge on any atom is 0.179 e. The van der Waals surface area contributed by atoms with Gasteiger partial charge in [0.25, 0.3) is 0 Å². The molecule has 1 aliphatic rings. The Kier molecular flexibility index (Phi) is 3.82. The summed E-state index contributed by atoms with van der Waals surface area (Å²) >= 11 is 3.17. The van der Waals surface area contributed by atoms with E-state index in [-0.39, 0.29) is 11.9 Å². The standard InChI is InChI=1S/C12H15BrFNO/c1-16-12-8(5-6-9(13)11(12)14)10-4-2-3-7-15-10/h5-6,10,15H,2-4,7H2,1H3. The predicted molar refractivity (Wildman–Crippen MR) is 65.2 cm³/mol. The van der Waals surface area contributed by atoms with Gasteiger partial charge in [0.1, 0.15) is 0 Å². The molecule has 88 valence electrons. The minimum absolute atomic E-state index is 0.214. The average Bonchev–Trinajstić information content (AvgIpc) is 2.33. The summed E-state index contributed by atoms with van der Waals surface area (Å²) in [5.74, 6) is 0.0427. The fourth-order valence-electron chi connectivity index (χ4n) is 2.15. The summed E-state index contributed by atoms with van der Waals surface area (Å²) in [4.78, 5) is 0. The lowest BCUT2D eigenvalue weighted by Crippen LogP contribution is -2.27. The number of rotatable bonds is 2. The van der Waals surface area contributed by atoms with Gasteiger partial charge in [-0.25, -0.2) is 4.39 Å². The summed E-state index contributed by atoms with van der Waals surface area (Å²) in [7, 11) is 1.51. The highest BCUT2D eigenvalue weighted by Gasteiger charge is 2.21. The molecule has 1 heterocycles. The van der Waals surface area contributed by atoms with Crippen LogP contribution in [0.15, 0.2) is 16.6 Å². The van der Waals surface area contributed by atoms with Gasteiger partial charge >= 0.3 is 0 Å². The molecule has 1 saturated heterocycles. The molecule has 4 heteroatoms. The van der Waals surface area contributed by atoms with Crippen molar-refractivity contribution in [1.29, 1.82) is 0 Å². The van der Waals surface area contributed by atoms with Crippen molar-refractivity contribution in [2.75, 3.05) is 13.7 Å². The number of hydrogen-bond acceptors (Lipinski definition) is 2. The van der Waals surface area contributed by atoms with Gasteiger partial charge < -0.3 is 10.1 Å². The van der Waals surface area contributed by atoms with Crippen LogP contribution in [0.3, 0.4) is 0 Å². The molecule has 0 spiro atoms. The Morgan fingerprint density at radius 3 is 2.88 bits per heavy atom. The van der Waals surface area contributed by atoms with Crippen LogP contribution in [0.2, 0.25) is 0 Å². The van der Waals surface area contributed by atoms with Gasteiger partial charge in [-0.2, -0.15) is 0 Å². The third kappa shape index (κ3) is 2.23. The molecule has 16 heavy (non-hydrogen) atoms. The second kappa shape index (κ2) is 5.15. The van der Waals surface area contributed by atoms with E-state index in [9.17, 15) is 4.39 Å². The van der Waals surface area contributed by atoms with Gasteiger partial charge in [0.05, 0.1) is 11.6 Å². The Labute approximate surface area is 103 Å². The monoisotopic (exact) mass is 287 g/mol. The molecular formula is C12H15BrFNO. The summed E-state index contributed by atoms with van der Waals surface area (Å²) in [6.07, 6.45) is 3.41. The SMILES string of the molecule is COc1c(C2CCCCN2)ccc(Br)c1F. The number of nitrogens with one attached hydrogen (secondary N) is 1. The summed E-state index contributed by atoms with van der Waals surface area (Å²) < 4.78 is 19.4. The Bertz CT molecular complexity index is 378. The number of ether oxygens (including phenoxy) is 1. The predicted octanol–water partition coefficient (Wildman–Crippen LogP) is 3.41. The number of piperidine rings is 1. The van der Waals surface area contributed by atoms with Crippen LogP contribution < -0.4 is 10.1 Å². The minimum Gasteiger partial charge on any atom is -0.493 e. The summed E-state index contributed by atoms with van der Waals surface area (Å²) in [5.41, 5.74) is 0.919. The van der Waals surface area contributed by atoms with Gasteiger partial charge in [0, 0.05) is 11.6 Å². The number of methoxy groups -OCH3 is 1. The molecule has 0 saturated carbocycles. The Hall–Kier alpha value is -0.610. The highest BCUT2D eigenvalue weighted by Crippen LogP contribution is 2.35. The summed E-state index contributed by atoms with van der Waals surface area (Å²) in [6.45, 7) is 0.992. The molecule has 0 amide bonds. The first-order valence-corrected chi connectivity index (χ1v) is 6.28. The van der Waals surface area contributed by atoms with E-state index in [1.165, 1.54) is 20.0 Å². The van der Waals surface area contributed by atoms with Gasteiger partial charge in [-0.1, -0.05) is 12.5 Å². The van der Waals surface area contributed by atoms with Crippen LogP contribution in [-0.2, 0) is 0 Å². The van der Waals surface area contributed by atoms with Crippen LogP contribution in [-0.4, -0.2) is 13.7 Å². The van der Waals surface area contributed by atoms with Crippen LogP contribution >= 0.6 is 15.9 Å². The summed E-state index contributed by atoms with van der Waals surface area (Å²) in [6, 6.07) is 3.88. The van der Waals surface area contributed by atoms with E-state index in [1.54, 1.807) is 6.07 Å². The smallest absolute Gasteiger partial charge is 0.179 e. The third-order valence-electron chi connectivity index (χ3n) is 2.97. The van der Waals surface area contributed by atoms with Crippen LogP contribution in [0.4, 0.5) is 4.39 Å². The number of halogens is 2. The van der Waals surface area contributed by atoms with Crippen molar-refractivity contribution in [3.63, 3.8) is 0 Å². The van der Waals surface area contributed by atoms with E-state index in [1.807, 2.05) is 6.07 Å². The van der Waals surface area contributed by atoms with Crippen LogP contribution in [0.25, 0.3) is 0 Å². The van der Waals surface area contributed by atoms with Crippen molar-refractivity contribution >= 4 is 15.9 Å². The molecule has 1 aromatic rings. The molecule has 1 aliphatic heterocycles. The number of hydrogen-bond donors (Lipinski definition) is 1. The Balaban J connectivity index is 2.35. The number of benzene rings is 1. The average molecular weight is 288 g/mol. The van der Waals surface area contributed by atoms with E-state index in [0.29, 0.717) is 10.2 Å². The second-order valence-corrected chi connectivity index (χ2v) is 4.84. The first kappa shape index (κ1) is 11.9. The van der Waals surface area contributed by atoms with Crippen LogP contribution in [0, 0.1) is 5.82 Å². The van der Waals surface area contributed by atoms with Gasteiger partial charge in [-0.05, 0) is 41.4 Å². The molecule has 2 rings (SSSR count). The quantitative estimate of drug-likeness (QED) is 0.900. The fourth-order valence-corrected chi connectivity index (χ4v) is 2.46. The highest BCUT2D eigenvalue weighted by molar-refractivity contribution is 9.10. The Morgan fingerprint density at radius 2 is 2.25 bits per heavy atom. The zero-order valence-electron chi connectivity index (χ0n) is 9.22. The second-order valence-electron chi connectivity index (χ2n) is 3.99. The van der Waals surface area contributed by atoms with Crippen molar-refractivity contribution in [3.8, 4) is 5.75 Å². The van der Waals surface area contributed by atoms with Crippen molar-refractivity contribution in [3.05, 3.63) is 28.0 Å². The van der Waals surface area contributed by atoms with E-state index in [4.69, 9.17) is 4.74 Å². The highest BCUT2D eigenvalue weighted by atomic mass is 79.9. The normalized spacial score (nSPS) is 20.8. The lowest BCUT2D eigenvalue weighted by atomic mass is 9.96. The van der Waals surface area contributed by atoms with E-state index in [2.05, 4.69) is 21.2 Å². The van der Waals surface area contributed by atoms with E-state index in [0.717, 1.165) is 18.5 Å². The maximum absolute atomic E-state index is 13.8. The largest absolute Gasteiger partial charge is 0.493 e. The van der Waals surface area contributed by atoms with Crippen molar-refractivity contribution in [2.45, 2.75) is 25.3 Å². The van der Waals surface area contributed by atoms with Crippen molar-refractivity contribution in [1.82, 2.24) is 5.32 Å². The first-order valence-electron chi connectivity index (χ1n) is 5.49. The molecule has 1 fully saturated rings. The molecule has 1 atom stereocenters. The van der Waals surface area contributed by atoms with Gasteiger partial charge in [0.2, 0.25) is 0 Å². The molecule has 1 aromatic carbocycles. The van der Waals surface area contributed by atoms with Crippen molar-refractivity contribution < 1.29 is 9.13 Å². The van der Waals surface area contributed by atoms with Crippen molar-refractivity contribution in [2.24, 2.45) is 0 Å². The van der Waals surface area contributed by atoms with Gasteiger partial charge in [-0.3, -0.25) is 0 Å². The molecule has 2 nitrogen and oxygen atoms in total. The first-order chi connectivity index (χ1) is 7.74. The molecule has 1 N–H and O–H groups in total. The molecule has 0 aliphatic carbocycles. The van der Waals surface area contributed by atoms with Crippen LogP contribution in [0.5, 0.6) is 5.75 Å². The molecule has 0 aromatic heterocycles. The van der Waals surface area contributed by atoms with Crippen LogP contribution in [0.1, 0.15) is 30.9 Å². The lowest BCUT2D eigenvalue weighted by Gasteiger charge is -2.25. The summed E-state index contributed by atoms with van der Waals surface area (Å²) in [5, 5.41) is 3.39. The molecule has 0 radical (unpaired) electrons. The topological polar surface area (TPSA) is 21.3 Å². The maximum atomic E-state index is 13.8. The molecule has 1 unspecified atom stereocenters. The van der Waals surface area contributed by atoms with E-state index < -0.39 is 0 Å². The fraction of sp³-hybridized carbons (Fsp3) is 0.500. The van der Waals surface area contributed by atoms with E-state index >= 15 is 0 Å². The Morgan fingerprint density at radius 1 is 1.44 bits per heavy atom. The third-order valence-corrected chi connectivity index (χ3v) is 3.58.